The Balaban J connectivity index is 2.09. The van der Waals surface area contributed by atoms with Crippen LogP contribution in [0.15, 0.2) is 42.5 Å². The van der Waals surface area contributed by atoms with Gasteiger partial charge in [0.2, 0.25) is 5.91 Å². The van der Waals surface area contributed by atoms with Gasteiger partial charge < -0.3 is 10.1 Å². The number of rotatable bonds is 6. The molecule has 2 rings (SSSR count). The van der Waals surface area contributed by atoms with Gasteiger partial charge in [0.1, 0.15) is 17.2 Å². The molecule has 0 radical (unpaired) electrons. The van der Waals surface area contributed by atoms with Crippen molar-refractivity contribution in [3.63, 3.8) is 0 Å². The zero-order valence-corrected chi connectivity index (χ0v) is 18.0. The number of nitrogens with one attached hydrogen (secondary N) is 2. The van der Waals surface area contributed by atoms with E-state index in [9.17, 15) is 22.4 Å². The Labute approximate surface area is 179 Å². The zero-order chi connectivity index (χ0) is 23.2. The third-order valence-electron chi connectivity index (χ3n) is 3.71. The van der Waals surface area contributed by atoms with E-state index in [0.717, 1.165) is 12.1 Å². The summed E-state index contributed by atoms with van der Waals surface area (Å²) in [6.07, 6.45) is -0.817. The van der Waals surface area contributed by atoms with Crippen LogP contribution in [0, 0.1) is 17.1 Å². The van der Waals surface area contributed by atoms with Gasteiger partial charge in [0.05, 0.1) is 28.8 Å². The van der Waals surface area contributed by atoms with Crippen LogP contribution in [0.4, 0.5) is 20.6 Å². The van der Waals surface area contributed by atoms with Gasteiger partial charge in [-0.05, 0) is 56.7 Å². The van der Waals surface area contributed by atoms with E-state index in [1.165, 1.54) is 30.3 Å². The van der Waals surface area contributed by atoms with Crippen molar-refractivity contribution >= 4 is 33.2 Å². The van der Waals surface area contributed by atoms with Crippen molar-refractivity contribution in [1.29, 1.82) is 5.26 Å². The highest BCUT2D eigenvalue weighted by molar-refractivity contribution is 7.91. The van der Waals surface area contributed by atoms with Gasteiger partial charge in [-0.25, -0.2) is 17.6 Å². The van der Waals surface area contributed by atoms with Crippen molar-refractivity contribution in [2.45, 2.75) is 32.1 Å². The van der Waals surface area contributed by atoms with Crippen LogP contribution in [-0.2, 0) is 25.1 Å². The van der Waals surface area contributed by atoms with E-state index in [1.807, 2.05) is 6.07 Å². The number of anilines is 2. The number of amides is 2. The summed E-state index contributed by atoms with van der Waals surface area (Å²) >= 11 is 0. The highest BCUT2D eigenvalue weighted by Gasteiger charge is 2.21. The monoisotopic (exact) mass is 447 g/mol. The number of nitrogens with zero attached hydrogens (tertiary/aromatic N) is 1. The zero-order valence-electron chi connectivity index (χ0n) is 17.2. The van der Waals surface area contributed by atoms with Crippen molar-refractivity contribution < 1.29 is 27.1 Å². The summed E-state index contributed by atoms with van der Waals surface area (Å²) in [5.74, 6) is -2.84. The molecular weight excluding hydrogens is 425 g/mol. The lowest BCUT2D eigenvalue weighted by molar-refractivity contribution is -0.113. The molecule has 0 bridgehead atoms. The first-order chi connectivity index (χ1) is 14.4. The Kier molecular flexibility index (Phi) is 7.36. The maximum atomic E-state index is 13.7. The Hall–Kier alpha value is -3.45. The maximum Gasteiger partial charge on any atom is 0.412 e. The average Bonchev–Trinajstić information content (AvgIpc) is 2.62. The summed E-state index contributed by atoms with van der Waals surface area (Å²) in [6.45, 7) is 5.00. The molecule has 2 N–H and O–H groups in total. The number of carbonyl (C=O) groups is 2. The van der Waals surface area contributed by atoms with Crippen molar-refractivity contribution in [3.05, 3.63) is 59.4 Å². The van der Waals surface area contributed by atoms with Gasteiger partial charge in [-0.1, -0.05) is 12.1 Å². The lowest BCUT2D eigenvalue weighted by Gasteiger charge is -2.20. The molecule has 164 valence electrons. The van der Waals surface area contributed by atoms with Gasteiger partial charge in [0.25, 0.3) is 0 Å². The fourth-order valence-corrected chi connectivity index (χ4v) is 3.78. The van der Waals surface area contributed by atoms with Crippen molar-refractivity contribution in [2.24, 2.45) is 0 Å². The number of halogens is 1. The summed E-state index contributed by atoms with van der Waals surface area (Å²) in [5.41, 5.74) is -0.0229. The molecule has 10 heteroatoms. The number of benzene rings is 2. The smallest absolute Gasteiger partial charge is 0.412 e. The molecule has 0 fully saturated rings. The van der Waals surface area contributed by atoms with Gasteiger partial charge in [-0.3, -0.25) is 10.1 Å². The quantitative estimate of drug-likeness (QED) is 0.697. The molecule has 0 saturated carbocycles. The van der Waals surface area contributed by atoms with Crippen LogP contribution < -0.4 is 10.6 Å². The van der Waals surface area contributed by atoms with E-state index < -0.39 is 44.8 Å². The number of sulfone groups is 1. The molecule has 8 nitrogen and oxygen atoms in total. The first-order valence-electron chi connectivity index (χ1n) is 9.16. The molecule has 0 spiro atoms. The van der Waals surface area contributed by atoms with Gasteiger partial charge in [0, 0.05) is 0 Å². The van der Waals surface area contributed by atoms with Gasteiger partial charge in [-0.15, -0.1) is 0 Å². The van der Waals surface area contributed by atoms with E-state index in [2.05, 4.69) is 10.6 Å². The first-order valence-corrected chi connectivity index (χ1v) is 11.0. The summed E-state index contributed by atoms with van der Waals surface area (Å²) in [5, 5.41) is 13.5. The molecule has 0 saturated heterocycles. The SMILES string of the molecule is CC(C)(C)OC(=O)Nc1ccc(F)cc1NC(=O)CS(=O)(=O)Cc1ccc(C#N)cc1. The van der Waals surface area contributed by atoms with Crippen LogP contribution in [-0.4, -0.2) is 31.8 Å². The molecule has 0 aromatic heterocycles. The Bertz CT molecular complexity index is 1120. The number of nitriles is 1. The molecule has 2 amide bonds. The van der Waals surface area contributed by atoms with E-state index in [4.69, 9.17) is 10.00 Å². The van der Waals surface area contributed by atoms with Crippen LogP contribution in [0.25, 0.3) is 0 Å². The Morgan fingerprint density at radius 2 is 1.71 bits per heavy atom. The minimum absolute atomic E-state index is 0.0495. The van der Waals surface area contributed by atoms with E-state index in [0.29, 0.717) is 11.1 Å². The van der Waals surface area contributed by atoms with E-state index >= 15 is 0 Å². The van der Waals surface area contributed by atoms with Crippen LogP contribution in [0.5, 0.6) is 0 Å². The second-order valence-electron chi connectivity index (χ2n) is 7.71. The fourth-order valence-electron chi connectivity index (χ4n) is 2.51. The maximum absolute atomic E-state index is 13.7. The molecule has 0 aliphatic rings. The van der Waals surface area contributed by atoms with Gasteiger partial charge >= 0.3 is 6.09 Å². The van der Waals surface area contributed by atoms with Gasteiger partial charge in [-0.2, -0.15) is 5.26 Å². The Morgan fingerprint density at radius 3 is 2.29 bits per heavy atom. The van der Waals surface area contributed by atoms with E-state index in [-0.39, 0.29) is 11.4 Å². The predicted octanol–water partition coefficient (Wildman–Crippen LogP) is 3.60. The molecule has 0 atom stereocenters. The van der Waals surface area contributed by atoms with Crippen molar-refractivity contribution in [3.8, 4) is 6.07 Å². The van der Waals surface area contributed by atoms with Crippen molar-refractivity contribution in [2.75, 3.05) is 16.4 Å². The van der Waals surface area contributed by atoms with Crippen LogP contribution in [0.2, 0.25) is 0 Å². The normalized spacial score (nSPS) is 11.3. The largest absolute Gasteiger partial charge is 0.444 e. The molecule has 0 aliphatic heterocycles. The van der Waals surface area contributed by atoms with Crippen molar-refractivity contribution in [1.82, 2.24) is 0 Å². The van der Waals surface area contributed by atoms with Gasteiger partial charge in [0.15, 0.2) is 9.84 Å². The second-order valence-corrected chi connectivity index (χ2v) is 9.77. The number of hydrogen-bond acceptors (Lipinski definition) is 6. The topological polar surface area (TPSA) is 125 Å². The standard InChI is InChI=1S/C21H22FN3O5S/c1-21(2,3)30-20(27)25-17-9-8-16(22)10-18(17)24-19(26)13-31(28,29)12-15-6-4-14(11-23)5-7-15/h4-10H,12-13H2,1-3H3,(H,24,26)(H,25,27). The first kappa shape index (κ1) is 23.8. The summed E-state index contributed by atoms with van der Waals surface area (Å²) in [7, 11) is -3.84. The average molecular weight is 447 g/mol. The van der Waals surface area contributed by atoms with Crippen LogP contribution in [0.3, 0.4) is 0 Å². The lowest BCUT2D eigenvalue weighted by Crippen LogP contribution is -2.28. The number of ether oxygens (including phenoxy) is 1. The third-order valence-corrected chi connectivity index (χ3v) is 5.19. The predicted molar refractivity (Wildman–Crippen MR) is 114 cm³/mol. The third kappa shape index (κ3) is 8.06. The second kappa shape index (κ2) is 9.57. The Morgan fingerprint density at radius 1 is 1.06 bits per heavy atom. The molecule has 2 aromatic carbocycles. The minimum atomic E-state index is -3.84. The molecule has 0 aliphatic carbocycles. The number of hydrogen-bond donors (Lipinski definition) is 2. The molecule has 2 aromatic rings. The highest BCUT2D eigenvalue weighted by atomic mass is 32.2. The molecule has 31 heavy (non-hydrogen) atoms. The minimum Gasteiger partial charge on any atom is -0.444 e. The fraction of sp³-hybridized carbons (Fsp3) is 0.286. The highest BCUT2D eigenvalue weighted by Crippen LogP contribution is 2.24. The van der Waals surface area contributed by atoms with Crippen LogP contribution >= 0.6 is 0 Å². The number of carbonyl (C=O) groups excluding carboxylic acids is 2. The lowest BCUT2D eigenvalue weighted by atomic mass is 10.2. The molecule has 0 heterocycles. The summed E-state index contributed by atoms with van der Waals surface area (Å²) < 4.78 is 43.5. The summed E-state index contributed by atoms with van der Waals surface area (Å²) in [4.78, 5) is 24.3. The van der Waals surface area contributed by atoms with Crippen LogP contribution in [0.1, 0.15) is 31.9 Å². The van der Waals surface area contributed by atoms with E-state index in [1.54, 1.807) is 20.8 Å². The molecular formula is C21H22FN3O5S. The molecule has 0 unspecified atom stereocenters. The summed E-state index contributed by atoms with van der Waals surface area (Å²) in [6, 6.07) is 11.1.